The van der Waals surface area contributed by atoms with Gasteiger partial charge in [0.2, 0.25) is 0 Å². The summed E-state index contributed by atoms with van der Waals surface area (Å²) in [6.07, 6.45) is 0.422. The Balaban J connectivity index is 2.51. The zero-order chi connectivity index (χ0) is 9.35. The third-order valence-electron chi connectivity index (χ3n) is 2.96. The van der Waals surface area contributed by atoms with E-state index in [4.69, 9.17) is 0 Å². The molecule has 0 aliphatic heterocycles. The Labute approximate surface area is 74.0 Å². The number of halogens is 1. The monoisotopic (exact) mass is 174 g/mol. The lowest BCUT2D eigenvalue weighted by molar-refractivity contribution is 0.000313. The van der Waals surface area contributed by atoms with Gasteiger partial charge in [0.25, 0.3) is 0 Å². The van der Waals surface area contributed by atoms with Crippen LogP contribution in [0.15, 0.2) is 0 Å². The first-order valence-electron chi connectivity index (χ1n) is 4.73. The van der Waals surface area contributed by atoms with Crippen molar-refractivity contribution in [1.29, 1.82) is 0 Å². The van der Waals surface area contributed by atoms with Gasteiger partial charge in [-0.2, -0.15) is 0 Å². The van der Waals surface area contributed by atoms with E-state index in [0.717, 1.165) is 6.42 Å². The fourth-order valence-corrected chi connectivity index (χ4v) is 1.89. The van der Waals surface area contributed by atoms with E-state index in [-0.39, 0.29) is 5.41 Å². The molecule has 1 aliphatic rings. The molecule has 0 saturated heterocycles. The third-order valence-corrected chi connectivity index (χ3v) is 2.96. The molecular weight excluding hydrogens is 155 g/mol. The molecule has 0 unspecified atom stereocenters. The lowest BCUT2D eigenvalue weighted by atomic mass is 9.71. The van der Waals surface area contributed by atoms with Crippen molar-refractivity contribution in [1.82, 2.24) is 0 Å². The van der Waals surface area contributed by atoms with Gasteiger partial charge < -0.3 is 5.11 Å². The van der Waals surface area contributed by atoms with E-state index in [2.05, 4.69) is 20.8 Å². The fraction of sp³-hybridized carbons (Fsp3) is 1.00. The lowest BCUT2D eigenvalue weighted by Crippen LogP contribution is -2.35. The van der Waals surface area contributed by atoms with E-state index in [1.165, 1.54) is 0 Å². The Morgan fingerprint density at radius 3 is 2.25 bits per heavy atom. The normalized spacial score (nSPS) is 38.2. The molecule has 0 aromatic rings. The minimum atomic E-state index is -0.997. The number of alkyl halides is 1. The smallest absolute Gasteiger partial charge is 0.126 e. The van der Waals surface area contributed by atoms with Crippen LogP contribution in [0.25, 0.3) is 0 Å². The van der Waals surface area contributed by atoms with Crippen LogP contribution < -0.4 is 0 Å². The van der Waals surface area contributed by atoms with E-state index in [1.807, 2.05) is 0 Å². The van der Waals surface area contributed by atoms with Crippen LogP contribution in [0, 0.1) is 11.3 Å². The van der Waals surface area contributed by atoms with E-state index < -0.39 is 12.3 Å². The maximum Gasteiger partial charge on any atom is 0.126 e. The fourth-order valence-electron chi connectivity index (χ4n) is 1.89. The van der Waals surface area contributed by atoms with Gasteiger partial charge in [0.15, 0.2) is 0 Å². The molecule has 0 spiro atoms. The number of aliphatic hydroxyl groups excluding tert-OH is 1. The molecule has 2 heteroatoms. The van der Waals surface area contributed by atoms with Crippen LogP contribution in [0.3, 0.4) is 0 Å². The Morgan fingerprint density at radius 1 is 1.25 bits per heavy atom. The van der Waals surface area contributed by atoms with Crippen LogP contribution in [0.2, 0.25) is 0 Å². The molecule has 1 aliphatic carbocycles. The van der Waals surface area contributed by atoms with Gasteiger partial charge in [-0.15, -0.1) is 0 Å². The molecule has 1 N–H and O–H groups in total. The maximum atomic E-state index is 13.1. The summed E-state index contributed by atoms with van der Waals surface area (Å²) in [7, 11) is 0. The van der Waals surface area contributed by atoms with E-state index >= 15 is 0 Å². The predicted octanol–water partition coefficient (Wildman–Crippen LogP) is 2.53. The molecule has 0 aromatic heterocycles. The van der Waals surface area contributed by atoms with E-state index in [9.17, 15) is 9.50 Å². The van der Waals surface area contributed by atoms with Gasteiger partial charge in [-0.05, 0) is 30.6 Å². The molecule has 0 bridgehead atoms. The van der Waals surface area contributed by atoms with Crippen molar-refractivity contribution in [2.24, 2.45) is 11.3 Å². The summed E-state index contributed by atoms with van der Waals surface area (Å²) in [4.78, 5) is 0. The first kappa shape index (κ1) is 9.97. The highest BCUT2D eigenvalue weighted by molar-refractivity contribution is 4.85. The third kappa shape index (κ3) is 2.19. The molecule has 1 saturated carbocycles. The molecule has 72 valence electrons. The molecule has 0 aromatic carbocycles. The minimum absolute atomic E-state index is 0.185. The molecule has 1 fully saturated rings. The van der Waals surface area contributed by atoms with E-state index in [1.54, 1.807) is 0 Å². The van der Waals surface area contributed by atoms with Crippen LogP contribution in [-0.2, 0) is 0 Å². The van der Waals surface area contributed by atoms with Crippen LogP contribution in [0.1, 0.15) is 40.0 Å². The largest absolute Gasteiger partial charge is 0.390 e. The highest BCUT2D eigenvalue weighted by Gasteiger charge is 2.34. The Hall–Kier alpha value is -0.110. The van der Waals surface area contributed by atoms with Crippen molar-refractivity contribution in [3.63, 3.8) is 0 Å². The minimum Gasteiger partial charge on any atom is -0.390 e. The summed E-state index contributed by atoms with van der Waals surface area (Å²) in [6, 6.07) is 0. The summed E-state index contributed by atoms with van der Waals surface area (Å²) in [5.41, 5.74) is 0.185. The first-order chi connectivity index (χ1) is 5.41. The van der Waals surface area contributed by atoms with Gasteiger partial charge in [-0.25, -0.2) is 4.39 Å². The van der Waals surface area contributed by atoms with E-state index in [0.29, 0.717) is 18.8 Å². The second-order valence-corrected chi connectivity index (χ2v) is 4.96. The number of rotatable bonds is 0. The number of hydrogen-bond donors (Lipinski definition) is 1. The van der Waals surface area contributed by atoms with Crippen LogP contribution in [-0.4, -0.2) is 17.4 Å². The van der Waals surface area contributed by atoms with Crippen molar-refractivity contribution < 1.29 is 9.50 Å². The summed E-state index contributed by atoms with van der Waals surface area (Å²) < 4.78 is 13.1. The van der Waals surface area contributed by atoms with Crippen LogP contribution in [0.4, 0.5) is 4.39 Å². The number of hydrogen-bond acceptors (Lipinski definition) is 1. The van der Waals surface area contributed by atoms with Gasteiger partial charge in [0, 0.05) is 0 Å². The molecule has 1 nitrogen and oxygen atoms in total. The standard InChI is InChI=1S/C10H19FO/c1-10(2,3)7-4-5-9(12)8(11)6-7/h7-9,12H,4-6H2,1-3H3/t7-,8+,9+/m1/s1. The quantitative estimate of drug-likeness (QED) is 0.598. The summed E-state index contributed by atoms with van der Waals surface area (Å²) >= 11 is 0. The second-order valence-electron chi connectivity index (χ2n) is 4.96. The van der Waals surface area contributed by atoms with Crippen molar-refractivity contribution >= 4 is 0 Å². The summed E-state index contributed by atoms with van der Waals surface area (Å²) in [5, 5.41) is 9.19. The van der Waals surface area contributed by atoms with Crippen LogP contribution >= 0.6 is 0 Å². The molecule has 0 radical (unpaired) electrons. The lowest BCUT2D eigenvalue weighted by Gasteiger charge is -2.37. The zero-order valence-corrected chi connectivity index (χ0v) is 8.18. The molecule has 0 heterocycles. The molecular formula is C10H19FO. The average molecular weight is 174 g/mol. The molecule has 0 amide bonds. The molecule has 12 heavy (non-hydrogen) atoms. The zero-order valence-electron chi connectivity index (χ0n) is 8.18. The Morgan fingerprint density at radius 2 is 1.83 bits per heavy atom. The topological polar surface area (TPSA) is 20.2 Å². The SMILES string of the molecule is CC(C)(C)[C@@H]1CC[C@H](O)[C@@H](F)C1. The second kappa shape index (κ2) is 3.33. The van der Waals surface area contributed by atoms with Crippen molar-refractivity contribution in [3.05, 3.63) is 0 Å². The van der Waals surface area contributed by atoms with Gasteiger partial charge in [-0.1, -0.05) is 20.8 Å². The maximum absolute atomic E-state index is 13.1. The van der Waals surface area contributed by atoms with Gasteiger partial charge in [0.1, 0.15) is 6.17 Å². The summed E-state index contributed by atoms with van der Waals surface area (Å²) in [6.45, 7) is 6.42. The summed E-state index contributed by atoms with van der Waals surface area (Å²) in [5.74, 6) is 0.427. The highest BCUT2D eigenvalue weighted by Crippen LogP contribution is 2.38. The van der Waals surface area contributed by atoms with Crippen molar-refractivity contribution in [2.75, 3.05) is 0 Å². The first-order valence-corrected chi connectivity index (χ1v) is 4.73. The van der Waals surface area contributed by atoms with Gasteiger partial charge >= 0.3 is 0 Å². The van der Waals surface area contributed by atoms with Crippen LogP contribution in [0.5, 0.6) is 0 Å². The highest BCUT2D eigenvalue weighted by atomic mass is 19.1. The van der Waals surface area contributed by atoms with Gasteiger partial charge in [-0.3, -0.25) is 0 Å². The Bertz CT molecular complexity index is 150. The van der Waals surface area contributed by atoms with Crippen molar-refractivity contribution in [3.8, 4) is 0 Å². The average Bonchev–Trinajstić information content (AvgIpc) is 1.92. The molecule has 3 atom stereocenters. The van der Waals surface area contributed by atoms with Crippen molar-refractivity contribution in [2.45, 2.75) is 52.3 Å². The predicted molar refractivity (Wildman–Crippen MR) is 47.7 cm³/mol. The Kier molecular flexibility index (Phi) is 2.77. The molecule has 1 rings (SSSR count). The van der Waals surface area contributed by atoms with Gasteiger partial charge in [0.05, 0.1) is 6.10 Å². The number of aliphatic hydroxyl groups is 1.